The van der Waals surface area contributed by atoms with Crippen LogP contribution in [0.5, 0.6) is 0 Å². The van der Waals surface area contributed by atoms with Gasteiger partial charge in [-0.25, -0.2) is 14.2 Å². The Morgan fingerprint density at radius 3 is 2.74 bits per heavy atom. The maximum Gasteiger partial charge on any atom is 0.339 e. The second-order valence-electron chi connectivity index (χ2n) is 3.58. The van der Waals surface area contributed by atoms with Crippen LogP contribution in [0.4, 0.5) is 15.9 Å². The van der Waals surface area contributed by atoms with Crippen LogP contribution in [0.1, 0.15) is 10.4 Å². The van der Waals surface area contributed by atoms with Gasteiger partial charge in [0.25, 0.3) is 0 Å². The van der Waals surface area contributed by atoms with Crippen LogP contribution < -0.4 is 5.32 Å². The molecular weight excluding hydrogens is 338 g/mol. The van der Waals surface area contributed by atoms with E-state index in [1.165, 1.54) is 24.3 Å². The van der Waals surface area contributed by atoms with Crippen molar-refractivity contribution in [1.29, 1.82) is 0 Å². The molecule has 1 heterocycles. The fourth-order valence-electron chi connectivity index (χ4n) is 1.42. The van der Waals surface area contributed by atoms with E-state index in [-0.39, 0.29) is 22.2 Å². The Balaban J connectivity index is 2.42. The Morgan fingerprint density at radius 1 is 1.37 bits per heavy atom. The van der Waals surface area contributed by atoms with Gasteiger partial charge in [0.2, 0.25) is 0 Å². The van der Waals surface area contributed by atoms with Crippen molar-refractivity contribution in [2.75, 3.05) is 5.32 Å². The summed E-state index contributed by atoms with van der Waals surface area (Å²) in [5.41, 5.74) is 0.0205. The van der Waals surface area contributed by atoms with Crippen LogP contribution in [-0.4, -0.2) is 16.1 Å². The molecule has 0 fully saturated rings. The maximum atomic E-state index is 13.7. The second-order valence-corrected chi connectivity index (χ2v) is 4.89. The molecule has 7 heteroatoms. The number of nitrogens with zero attached hydrogens (tertiary/aromatic N) is 1. The van der Waals surface area contributed by atoms with E-state index in [0.717, 1.165) is 0 Å². The number of carboxylic acid groups (broad SMARTS) is 1. The van der Waals surface area contributed by atoms with E-state index in [9.17, 15) is 9.18 Å². The number of nitrogens with one attached hydrogen (secondary N) is 1. The molecule has 0 bridgehead atoms. The lowest BCUT2D eigenvalue weighted by Gasteiger charge is -2.10. The highest BCUT2D eigenvalue weighted by Gasteiger charge is 2.14. The molecule has 0 saturated heterocycles. The molecule has 0 radical (unpaired) electrons. The van der Waals surface area contributed by atoms with Crippen LogP contribution in [-0.2, 0) is 0 Å². The molecule has 0 amide bonds. The third kappa shape index (κ3) is 3.21. The van der Waals surface area contributed by atoms with Crippen LogP contribution in [0.15, 0.2) is 34.8 Å². The van der Waals surface area contributed by atoms with Crippen molar-refractivity contribution in [2.24, 2.45) is 0 Å². The van der Waals surface area contributed by atoms with Gasteiger partial charge in [-0.05, 0) is 30.3 Å². The van der Waals surface area contributed by atoms with E-state index in [0.29, 0.717) is 4.47 Å². The van der Waals surface area contributed by atoms with Crippen molar-refractivity contribution in [2.45, 2.75) is 0 Å². The Labute approximate surface area is 121 Å². The van der Waals surface area contributed by atoms with Gasteiger partial charge in [0.1, 0.15) is 22.4 Å². The van der Waals surface area contributed by atoms with E-state index in [4.69, 9.17) is 16.7 Å². The van der Waals surface area contributed by atoms with Crippen molar-refractivity contribution in [1.82, 2.24) is 4.98 Å². The third-order valence-corrected chi connectivity index (χ3v) is 2.98. The average Bonchev–Trinajstić information content (AvgIpc) is 2.32. The molecule has 19 heavy (non-hydrogen) atoms. The number of aromatic nitrogens is 1. The monoisotopic (exact) mass is 344 g/mol. The molecule has 0 atom stereocenters. The van der Waals surface area contributed by atoms with E-state index >= 15 is 0 Å². The van der Waals surface area contributed by atoms with Crippen molar-refractivity contribution in [3.8, 4) is 0 Å². The topological polar surface area (TPSA) is 62.2 Å². The van der Waals surface area contributed by atoms with Crippen molar-refractivity contribution < 1.29 is 14.3 Å². The quantitative estimate of drug-likeness (QED) is 0.823. The molecule has 98 valence electrons. The molecule has 2 N–H and O–H groups in total. The minimum Gasteiger partial charge on any atom is -0.478 e. The lowest BCUT2D eigenvalue weighted by atomic mass is 10.2. The number of benzene rings is 1. The number of halogens is 3. The molecule has 2 rings (SSSR count). The Hall–Kier alpha value is -1.66. The van der Waals surface area contributed by atoms with E-state index in [1.807, 2.05) is 0 Å². The van der Waals surface area contributed by atoms with Gasteiger partial charge < -0.3 is 10.4 Å². The average molecular weight is 346 g/mol. The second kappa shape index (κ2) is 5.54. The van der Waals surface area contributed by atoms with Gasteiger partial charge in [-0.15, -0.1) is 0 Å². The number of pyridine rings is 1. The molecule has 0 aliphatic rings. The van der Waals surface area contributed by atoms with Crippen molar-refractivity contribution in [3.05, 3.63) is 51.3 Å². The largest absolute Gasteiger partial charge is 0.478 e. The number of anilines is 2. The standard InChI is InChI=1S/C12H7BrClFN2O2/c13-6-1-3-9(8(15)5-6)16-11-7(12(18)19)2-4-10(14)17-11/h1-5H,(H,16,17)(H,18,19). The first kappa shape index (κ1) is 13.8. The first-order chi connectivity index (χ1) is 8.97. The van der Waals surface area contributed by atoms with Crippen LogP contribution in [0.2, 0.25) is 5.15 Å². The Kier molecular flexibility index (Phi) is 4.01. The summed E-state index contributed by atoms with van der Waals surface area (Å²) in [5, 5.41) is 11.8. The first-order valence-electron chi connectivity index (χ1n) is 5.09. The van der Waals surface area contributed by atoms with Gasteiger partial charge in [-0.2, -0.15) is 0 Å². The third-order valence-electron chi connectivity index (χ3n) is 2.28. The van der Waals surface area contributed by atoms with Crippen LogP contribution >= 0.6 is 27.5 Å². The summed E-state index contributed by atoms with van der Waals surface area (Å²) in [7, 11) is 0. The number of carboxylic acids is 1. The zero-order valence-corrected chi connectivity index (χ0v) is 11.7. The van der Waals surface area contributed by atoms with Crippen molar-refractivity contribution >= 4 is 45.0 Å². The van der Waals surface area contributed by atoms with Gasteiger partial charge in [-0.1, -0.05) is 27.5 Å². The summed E-state index contributed by atoms with van der Waals surface area (Å²) < 4.78 is 14.2. The van der Waals surface area contributed by atoms with E-state index < -0.39 is 11.8 Å². The van der Waals surface area contributed by atoms with Gasteiger partial charge in [0, 0.05) is 4.47 Å². The summed E-state index contributed by atoms with van der Waals surface area (Å²) in [6.45, 7) is 0. The highest BCUT2D eigenvalue weighted by atomic mass is 79.9. The minimum absolute atomic E-state index is 0.0128. The number of carbonyl (C=O) groups is 1. The molecule has 0 aliphatic carbocycles. The molecular formula is C12H7BrClFN2O2. The predicted octanol–water partition coefficient (Wildman–Crippen LogP) is 4.08. The summed E-state index contributed by atoms with van der Waals surface area (Å²) in [4.78, 5) is 14.9. The molecule has 0 spiro atoms. The van der Waals surface area contributed by atoms with Gasteiger partial charge in [0.15, 0.2) is 0 Å². The summed E-state index contributed by atoms with van der Waals surface area (Å²) >= 11 is 8.84. The number of hydrogen-bond acceptors (Lipinski definition) is 3. The Bertz CT molecular complexity index is 652. The smallest absolute Gasteiger partial charge is 0.339 e. The lowest BCUT2D eigenvalue weighted by molar-refractivity contribution is 0.0697. The van der Waals surface area contributed by atoms with Crippen LogP contribution in [0, 0.1) is 5.82 Å². The Morgan fingerprint density at radius 2 is 2.11 bits per heavy atom. The van der Waals surface area contributed by atoms with E-state index in [2.05, 4.69) is 26.2 Å². The van der Waals surface area contributed by atoms with Crippen LogP contribution in [0.3, 0.4) is 0 Å². The fraction of sp³-hybridized carbons (Fsp3) is 0. The maximum absolute atomic E-state index is 13.7. The van der Waals surface area contributed by atoms with Crippen molar-refractivity contribution in [3.63, 3.8) is 0 Å². The highest BCUT2D eigenvalue weighted by molar-refractivity contribution is 9.10. The number of aromatic carboxylic acids is 1. The number of hydrogen-bond donors (Lipinski definition) is 2. The zero-order valence-electron chi connectivity index (χ0n) is 9.32. The lowest BCUT2D eigenvalue weighted by Crippen LogP contribution is -2.05. The molecule has 4 nitrogen and oxygen atoms in total. The zero-order chi connectivity index (χ0) is 14.0. The molecule has 0 unspecified atom stereocenters. The fourth-order valence-corrected chi connectivity index (χ4v) is 1.90. The molecule has 0 aliphatic heterocycles. The van der Waals surface area contributed by atoms with Gasteiger partial charge in [-0.3, -0.25) is 0 Å². The normalized spacial score (nSPS) is 10.3. The molecule has 0 saturated carbocycles. The predicted molar refractivity (Wildman–Crippen MR) is 73.6 cm³/mol. The summed E-state index contributed by atoms with van der Waals surface area (Å²) in [6.07, 6.45) is 0. The van der Waals surface area contributed by atoms with E-state index in [1.54, 1.807) is 6.07 Å². The van der Waals surface area contributed by atoms with Crippen LogP contribution in [0.25, 0.3) is 0 Å². The summed E-state index contributed by atoms with van der Waals surface area (Å²) in [5.74, 6) is -1.72. The van der Waals surface area contributed by atoms with Gasteiger partial charge in [0.05, 0.1) is 5.69 Å². The molecule has 1 aromatic carbocycles. The summed E-state index contributed by atoms with van der Waals surface area (Å²) in [6, 6.07) is 7.00. The SMILES string of the molecule is O=C(O)c1ccc(Cl)nc1Nc1ccc(Br)cc1F. The first-order valence-corrected chi connectivity index (χ1v) is 6.26. The molecule has 1 aromatic heterocycles. The highest BCUT2D eigenvalue weighted by Crippen LogP contribution is 2.25. The number of rotatable bonds is 3. The molecule has 2 aromatic rings. The minimum atomic E-state index is -1.18. The van der Waals surface area contributed by atoms with Gasteiger partial charge >= 0.3 is 5.97 Å².